The van der Waals surface area contributed by atoms with Gasteiger partial charge in [-0.1, -0.05) is 15.9 Å². The number of phenolic OH excluding ortho intramolecular Hbond substituents is 1. The molecule has 4 nitrogen and oxygen atoms in total. The smallest absolute Gasteiger partial charge is 0.257 e. The number of amides is 1. The minimum atomic E-state index is -0.114. The van der Waals surface area contributed by atoms with E-state index in [2.05, 4.69) is 21.2 Å². The van der Waals surface area contributed by atoms with Crippen molar-refractivity contribution in [2.24, 2.45) is 0 Å². The molecule has 2 N–H and O–H groups in total. The molecule has 0 aromatic heterocycles. The zero-order valence-corrected chi connectivity index (χ0v) is 12.4. The molecule has 1 heterocycles. The quantitative estimate of drug-likeness (QED) is 0.825. The van der Waals surface area contributed by atoms with Crippen LogP contribution in [-0.4, -0.2) is 41.6 Å². The van der Waals surface area contributed by atoms with Crippen LogP contribution in [0.4, 0.5) is 0 Å². The number of halogens is 2. The maximum absolute atomic E-state index is 12.2. The van der Waals surface area contributed by atoms with Crippen molar-refractivity contribution in [2.45, 2.75) is 13.0 Å². The molecule has 0 radical (unpaired) electrons. The third-order valence-electron chi connectivity index (χ3n) is 2.84. The molecule has 2 rings (SSSR count). The van der Waals surface area contributed by atoms with Crippen molar-refractivity contribution < 1.29 is 9.90 Å². The Balaban J connectivity index is 0.00000162. The summed E-state index contributed by atoms with van der Waals surface area (Å²) in [7, 11) is 0. The molecule has 0 spiro atoms. The summed E-state index contributed by atoms with van der Waals surface area (Å²) in [6.45, 7) is 4.18. The summed E-state index contributed by atoms with van der Waals surface area (Å²) < 4.78 is 0.793. The van der Waals surface area contributed by atoms with Crippen molar-refractivity contribution in [3.8, 4) is 5.75 Å². The second kappa shape index (κ2) is 6.41. The number of rotatable bonds is 1. The Kier molecular flexibility index (Phi) is 5.44. The Bertz CT molecular complexity index is 442. The number of piperazine rings is 1. The van der Waals surface area contributed by atoms with Crippen LogP contribution >= 0.6 is 28.3 Å². The zero-order valence-electron chi connectivity index (χ0n) is 10.0. The van der Waals surface area contributed by atoms with Gasteiger partial charge in [0, 0.05) is 30.1 Å². The standard InChI is InChI=1S/C12H15BrN2O2.ClH/c1-8-7-15(5-4-14-8)12(17)10-6-9(13)2-3-11(10)16;/h2-3,6,8,14,16H,4-5,7H2,1H3;1H. The molecule has 100 valence electrons. The lowest BCUT2D eigenvalue weighted by atomic mass is 10.1. The van der Waals surface area contributed by atoms with Crippen LogP contribution in [0.3, 0.4) is 0 Å². The number of hydrogen-bond donors (Lipinski definition) is 2. The molecule has 1 aliphatic rings. The molecule has 1 saturated heterocycles. The molecule has 6 heteroatoms. The number of aromatic hydroxyl groups is 1. The topological polar surface area (TPSA) is 52.6 Å². The number of carbonyl (C=O) groups is 1. The van der Waals surface area contributed by atoms with Crippen molar-refractivity contribution in [3.63, 3.8) is 0 Å². The monoisotopic (exact) mass is 334 g/mol. The fraction of sp³-hybridized carbons (Fsp3) is 0.417. The van der Waals surface area contributed by atoms with Crippen molar-refractivity contribution in [2.75, 3.05) is 19.6 Å². The highest BCUT2D eigenvalue weighted by atomic mass is 79.9. The van der Waals surface area contributed by atoms with Gasteiger partial charge in [0.1, 0.15) is 5.75 Å². The van der Waals surface area contributed by atoms with Gasteiger partial charge in [0.2, 0.25) is 0 Å². The lowest BCUT2D eigenvalue weighted by Crippen LogP contribution is -2.51. The Morgan fingerprint density at radius 3 is 2.94 bits per heavy atom. The van der Waals surface area contributed by atoms with Gasteiger partial charge >= 0.3 is 0 Å². The predicted octanol–water partition coefficient (Wildman–Crippen LogP) is 2.01. The minimum Gasteiger partial charge on any atom is -0.507 e. The number of nitrogens with zero attached hydrogens (tertiary/aromatic N) is 1. The number of phenols is 1. The molecular formula is C12H16BrClN2O2. The van der Waals surface area contributed by atoms with Crippen LogP contribution in [-0.2, 0) is 0 Å². The molecule has 1 aromatic carbocycles. The highest BCUT2D eigenvalue weighted by Crippen LogP contribution is 2.23. The van der Waals surface area contributed by atoms with Crippen LogP contribution in [0.5, 0.6) is 5.75 Å². The molecule has 1 amide bonds. The Hall–Kier alpha value is -0.780. The molecule has 18 heavy (non-hydrogen) atoms. The van der Waals surface area contributed by atoms with Gasteiger partial charge < -0.3 is 15.3 Å². The van der Waals surface area contributed by atoms with Crippen molar-refractivity contribution >= 4 is 34.2 Å². The molecule has 0 aliphatic carbocycles. The highest BCUT2D eigenvalue weighted by Gasteiger charge is 2.23. The number of benzene rings is 1. The Labute approximate surface area is 121 Å². The van der Waals surface area contributed by atoms with Gasteiger partial charge in [0.05, 0.1) is 5.56 Å². The van der Waals surface area contributed by atoms with E-state index in [1.807, 2.05) is 6.92 Å². The van der Waals surface area contributed by atoms with E-state index in [0.29, 0.717) is 24.7 Å². The predicted molar refractivity (Wildman–Crippen MR) is 76.4 cm³/mol. The van der Waals surface area contributed by atoms with E-state index in [9.17, 15) is 9.90 Å². The average molecular weight is 336 g/mol. The SMILES string of the molecule is CC1CN(C(=O)c2cc(Br)ccc2O)CCN1.Cl. The first kappa shape index (κ1) is 15.3. The summed E-state index contributed by atoms with van der Waals surface area (Å²) in [5, 5.41) is 13.0. The highest BCUT2D eigenvalue weighted by molar-refractivity contribution is 9.10. The van der Waals surface area contributed by atoms with E-state index in [-0.39, 0.29) is 24.1 Å². The summed E-state index contributed by atoms with van der Waals surface area (Å²) in [5.74, 6) is -0.0819. The Morgan fingerprint density at radius 2 is 2.28 bits per heavy atom. The number of carbonyl (C=O) groups excluding carboxylic acids is 1. The molecule has 1 atom stereocenters. The average Bonchev–Trinajstić information content (AvgIpc) is 2.31. The third kappa shape index (κ3) is 3.37. The maximum atomic E-state index is 12.2. The third-order valence-corrected chi connectivity index (χ3v) is 3.34. The largest absolute Gasteiger partial charge is 0.507 e. The zero-order chi connectivity index (χ0) is 12.4. The summed E-state index contributed by atoms with van der Waals surface area (Å²) in [6.07, 6.45) is 0. The van der Waals surface area contributed by atoms with Crippen molar-refractivity contribution in [1.29, 1.82) is 0 Å². The first-order chi connectivity index (χ1) is 8.08. The second-order valence-electron chi connectivity index (χ2n) is 4.27. The van der Waals surface area contributed by atoms with E-state index in [1.54, 1.807) is 17.0 Å². The van der Waals surface area contributed by atoms with Gasteiger partial charge in [0.25, 0.3) is 5.91 Å². The van der Waals surface area contributed by atoms with Gasteiger partial charge in [-0.05, 0) is 25.1 Å². The van der Waals surface area contributed by atoms with Gasteiger partial charge in [-0.25, -0.2) is 0 Å². The fourth-order valence-corrected chi connectivity index (χ4v) is 2.33. The van der Waals surface area contributed by atoms with E-state index in [0.717, 1.165) is 11.0 Å². The van der Waals surface area contributed by atoms with Crippen molar-refractivity contribution in [3.05, 3.63) is 28.2 Å². The molecular weight excluding hydrogens is 320 g/mol. The van der Waals surface area contributed by atoms with E-state index >= 15 is 0 Å². The van der Waals surface area contributed by atoms with Crippen LogP contribution in [0, 0.1) is 0 Å². The number of nitrogens with one attached hydrogen (secondary N) is 1. The molecule has 1 unspecified atom stereocenters. The number of hydrogen-bond acceptors (Lipinski definition) is 3. The summed E-state index contributed by atoms with van der Waals surface area (Å²) in [6, 6.07) is 5.20. The molecule has 1 aromatic rings. The van der Waals surface area contributed by atoms with Gasteiger partial charge in [0.15, 0.2) is 0 Å². The first-order valence-corrected chi connectivity index (χ1v) is 6.38. The maximum Gasteiger partial charge on any atom is 0.257 e. The fourth-order valence-electron chi connectivity index (χ4n) is 1.97. The Morgan fingerprint density at radius 1 is 1.56 bits per heavy atom. The van der Waals surface area contributed by atoms with Crippen LogP contribution in [0.1, 0.15) is 17.3 Å². The van der Waals surface area contributed by atoms with Gasteiger partial charge in [-0.15, -0.1) is 12.4 Å². The van der Waals surface area contributed by atoms with Crippen molar-refractivity contribution in [1.82, 2.24) is 10.2 Å². The lowest BCUT2D eigenvalue weighted by Gasteiger charge is -2.32. The van der Waals surface area contributed by atoms with E-state index < -0.39 is 0 Å². The second-order valence-corrected chi connectivity index (χ2v) is 5.18. The van der Waals surface area contributed by atoms with Crippen LogP contribution in [0.15, 0.2) is 22.7 Å². The van der Waals surface area contributed by atoms with Crippen LogP contribution in [0.25, 0.3) is 0 Å². The summed E-state index contributed by atoms with van der Waals surface area (Å²) in [5.41, 5.74) is 0.355. The van der Waals surface area contributed by atoms with Gasteiger partial charge in [-0.2, -0.15) is 0 Å². The molecule has 0 bridgehead atoms. The molecule has 0 saturated carbocycles. The normalized spacial score (nSPS) is 19.2. The van der Waals surface area contributed by atoms with Crippen LogP contribution in [0.2, 0.25) is 0 Å². The van der Waals surface area contributed by atoms with E-state index in [4.69, 9.17) is 0 Å². The summed E-state index contributed by atoms with van der Waals surface area (Å²) >= 11 is 3.31. The molecule has 1 aliphatic heterocycles. The lowest BCUT2D eigenvalue weighted by molar-refractivity contribution is 0.0706. The minimum absolute atomic E-state index is 0. The molecule has 1 fully saturated rings. The van der Waals surface area contributed by atoms with Gasteiger partial charge in [-0.3, -0.25) is 4.79 Å². The first-order valence-electron chi connectivity index (χ1n) is 5.59. The van der Waals surface area contributed by atoms with E-state index in [1.165, 1.54) is 6.07 Å². The summed E-state index contributed by atoms with van der Waals surface area (Å²) in [4.78, 5) is 14.0. The van der Waals surface area contributed by atoms with Crippen LogP contribution < -0.4 is 5.32 Å².